The number of ether oxygens (including phenoxy) is 1. The van der Waals surface area contributed by atoms with E-state index in [4.69, 9.17) is 10.5 Å². The van der Waals surface area contributed by atoms with Crippen LogP contribution >= 0.6 is 11.8 Å². The molecular formula is C15H24N2O2S. The van der Waals surface area contributed by atoms with E-state index in [0.29, 0.717) is 23.5 Å². The van der Waals surface area contributed by atoms with Gasteiger partial charge in [-0.15, -0.1) is 0 Å². The smallest absolute Gasteiger partial charge is 0.225 e. The van der Waals surface area contributed by atoms with Crippen LogP contribution in [0.15, 0.2) is 18.2 Å². The van der Waals surface area contributed by atoms with Gasteiger partial charge in [-0.2, -0.15) is 11.8 Å². The molecule has 5 heteroatoms. The zero-order valence-electron chi connectivity index (χ0n) is 12.4. The van der Waals surface area contributed by atoms with Crippen LogP contribution in [0, 0.1) is 5.92 Å². The Morgan fingerprint density at radius 2 is 2.15 bits per heavy atom. The summed E-state index contributed by atoms with van der Waals surface area (Å²) < 4.78 is 5.20. The van der Waals surface area contributed by atoms with Crippen molar-refractivity contribution in [3.05, 3.63) is 18.2 Å². The maximum absolute atomic E-state index is 11.9. The second-order valence-corrected chi connectivity index (χ2v) is 6.28. The van der Waals surface area contributed by atoms with E-state index >= 15 is 0 Å². The summed E-state index contributed by atoms with van der Waals surface area (Å²) in [5.74, 6) is 3.26. The van der Waals surface area contributed by atoms with E-state index < -0.39 is 0 Å². The standard InChI is InChI=1S/C15H24N2O2S/c1-11(2)6-8-20-9-7-15(18)17-13-5-4-12(16)10-14(13)19-3/h4-5,10-11H,6-9,16H2,1-3H3,(H,17,18). The fraction of sp³-hybridized carbons (Fsp3) is 0.533. The van der Waals surface area contributed by atoms with E-state index in [2.05, 4.69) is 19.2 Å². The first-order valence-electron chi connectivity index (χ1n) is 6.84. The lowest BCUT2D eigenvalue weighted by Crippen LogP contribution is -2.13. The van der Waals surface area contributed by atoms with Gasteiger partial charge in [0.1, 0.15) is 5.75 Å². The monoisotopic (exact) mass is 296 g/mol. The van der Waals surface area contributed by atoms with Crippen LogP contribution < -0.4 is 15.8 Å². The molecule has 1 amide bonds. The summed E-state index contributed by atoms with van der Waals surface area (Å²) in [6.45, 7) is 4.42. The van der Waals surface area contributed by atoms with Gasteiger partial charge in [0, 0.05) is 23.9 Å². The Morgan fingerprint density at radius 1 is 1.40 bits per heavy atom. The molecule has 0 aromatic heterocycles. The SMILES string of the molecule is COc1cc(N)ccc1NC(=O)CCSCCC(C)C. The molecule has 0 radical (unpaired) electrons. The van der Waals surface area contributed by atoms with Gasteiger partial charge in [-0.3, -0.25) is 4.79 Å². The summed E-state index contributed by atoms with van der Waals surface area (Å²) in [6, 6.07) is 5.21. The van der Waals surface area contributed by atoms with E-state index in [1.807, 2.05) is 11.8 Å². The number of nitrogen functional groups attached to an aromatic ring is 1. The van der Waals surface area contributed by atoms with Crippen molar-refractivity contribution < 1.29 is 9.53 Å². The fourth-order valence-corrected chi connectivity index (χ4v) is 2.78. The topological polar surface area (TPSA) is 64.3 Å². The number of anilines is 2. The van der Waals surface area contributed by atoms with E-state index in [1.54, 1.807) is 25.3 Å². The fourth-order valence-electron chi connectivity index (χ4n) is 1.61. The number of thioether (sulfide) groups is 1. The molecule has 112 valence electrons. The highest BCUT2D eigenvalue weighted by molar-refractivity contribution is 7.99. The maximum Gasteiger partial charge on any atom is 0.225 e. The van der Waals surface area contributed by atoms with Crippen molar-refractivity contribution in [3.63, 3.8) is 0 Å². The Bertz CT molecular complexity index is 436. The number of carbonyl (C=O) groups excluding carboxylic acids is 1. The summed E-state index contributed by atoms with van der Waals surface area (Å²) in [4.78, 5) is 11.9. The van der Waals surface area contributed by atoms with Crippen LogP contribution in [0.2, 0.25) is 0 Å². The van der Waals surface area contributed by atoms with E-state index in [1.165, 1.54) is 6.42 Å². The Balaban J connectivity index is 2.35. The lowest BCUT2D eigenvalue weighted by Gasteiger charge is -2.11. The summed E-state index contributed by atoms with van der Waals surface area (Å²) in [6.07, 6.45) is 1.70. The molecule has 0 fully saturated rings. The third-order valence-electron chi connectivity index (χ3n) is 2.81. The molecule has 0 atom stereocenters. The van der Waals surface area contributed by atoms with Gasteiger partial charge in [0.15, 0.2) is 0 Å². The van der Waals surface area contributed by atoms with Gasteiger partial charge in [0.05, 0.1) is 12.8 Å². The highest BCUT2D eigenvalue weighted by Gasteiger charge is 2.07. The van der Waals surface area contributed by atoms with Gasteiger partial charge in [-0.25, -0.2) is 0 Å². The Hall–Kier alpha value is -1.36. The van der Waals surface area contributed by atoms with Crippen molar-refractivity contribution in [2.45, 2.75) is 26.7 Å². The zero-order chi connectivity index (χ0) is 15.0. The summed E-state index contributed by atoms with van der Waals surface area (Å²) in [7, 11) is 1.56. The number of nitrogens with two attached hydrogens (primary N) is 1. The van der Waals surface area contributed by atoms with Gasteiger partial charge in [0.25, 0.3) is 0 Å². The van der Waals surface area contributed by atoms with Crippen LogP contribution in [-0.4, -0.2) is 24.5 Å². The largest absolute Gasteiger partial charge is 0.494 e. The lowest BCUT2D eigenvalue weighted by molar-refractivity contribution is -0.115. The van der Waals surface area contributed by atoms with Gasteiger partial charge in [0.2, 0.25) is 5.91 Å². The van der Waals surface area contributed by atoms with Crippen molar-refractivity contribution in [2.75, 3.05) is 29.7 Å². The predicted molar refractivity (Wildman–Crippen MR) is 87.4 cm³/mol. The molecule has 1 aromatic rings. The van der Waals surface area contributed by atoms with Crippen molar-refractivity contribution >= 4 is 29.0 Å². The number of carbonyl (C=O) groups is 1. The first-order chi connectivity index (χ1) is 9.52. The first kappa shape index (κ1) is 16.7. The molecule has 0 bridgehead atoms. The van der Waals surface area contributed by atoms with Crippen molar-refractivity contribution in [1.29, 1.82) is 0 Å². The molecule has 0 heterocycles. The lowest BCUT2D eigenvalue weighted by atomic mass is 10.2. The molecule has 0 spiro atoms. The number of amides is 1. The predicted octanol–water partition coefficient (Wildman–Crippen LogP) is 3.39. The molecule has 1 rings (SSSR count). The Morgan fingerprint density at radius 3 is 2.80 bits per heavy atom. The minimum absolute atomic E-state index is 0.00474. The van der Waals surface area contributed by atoms with E-state index in [0.717, 1.165) is 17.4 Å². The Kier molecular flexibility index (Phi) is 7.30. The third kappa shape index (κ3) is 6.19. The average Bonchev–Trinajstić information content (AvgIpc) is 2.40. The molecule has 0 aliphatic rings. The molecule has 0 saturated heterocycles. The number of methoxy groups -OCH3 is 1. The minimum Gasteiger partial charge on any atom is -0.494 e. The van der Waals surface area contributed by atoms with Crippen molar-refractivity contribution in [1.82, 2.24) is 0 Å². The molecule has 20 heavy (non-hydrogen) atoms. The summed E-state index contributed by atoms with van der Waals surface area (Å²) >= 11 is 1.82. The van der Waals surface area contributed by atoms with E-state index in [-0.39, 0.29) is 5.91 Å². The second-order valence-electron chi connectivity index (χ2n) is 5.05. The molecule has 4 nitrogen and oxygen atoms in total. The highest BCUT2D eigenvalue weighted by Crippen LogP contribution is 2.26. The zero-order valence-corrected chi connectivity index (χ0v) is 13.3. The first-order valence-corrected chi connectivity index (χ1v) is 7.99. The van der Waals surface area contributed by atoms with E-state index in [9.17, 15) is 4.79 Å². The summed E-state index contributed by atoms with van der Waals surface area (Å²) in [5, 5.41) is 2.86. The highest BCUT2D eigenvalue weighted by atomic mass is 32.2. The molecule has 3 N–H and O–H groups in total. The number of rotatable bonds is 8. The van der Waals surface area contributed by atoms with Crippen LogP contribution in [0.1, 0.15) is 26.7 Å². The molecule has 0 aliphatic heterocycles. The van der Waals surface area contributed by atoms with Crippen LogP contribution in [0.3, 0.4) is 0 Å². The minimum atomic E-state index is 0.00474. The Labute approximate surface area is 125 Å². The van der Waals surface area contributed by atoms with Crippen molar-refractivity contribution in [2.24, 2.45) is 5.92 Å². The number of benzene rings is 1. The number of nitrogens with one attached hydrogen (secondary N) is 1. The van der Waals surface area contributed by atoms with Gasteiger partial charge < -0.3 is 15.8 Å². The van der Waals surface area contributed by atoms with Crippen LogP contribution in [0.25, 0.3) is 0 Å². The van der Waals surface area contributed by atoms with Gasteiger partial charge >= 0.3 is 0 Å². The summed E-state index contributed by atoms with van der Waals surface area (Å²) in [5.41, 5.74) is 6.96. The molecule has 0 saturated carbocycles. The van der Waals surface area contributed by atoms with Gasteiger partial charge in [-0.05, 0) is 30.2 Å². The molecule has 1 aromatic carbocycles. The van der Waals surface area contributed by atoms with Crippen LogP contribution in [-0.2, 0) is 4.79 Å². The molecular weight excluding hydrogens is 272 g/mol. The molecule has 0 aliphatic carbocycles. The second kappa shape index (κ2) is 8.74. The molecule has 0 unspecified atom stereocenters. The quantitative estimate of drug-likeness (QED) is 0.570. The normalized spacial score (nSPS) is 10.6. The van der Waals surface area contributed by atoms with Crippen LogP contribution in [0.5, 0.6) is 5.75 Å². The third-order valence-corrected chi connectivity index (χ3v) is 3.83. The number of hydrogen-bond donors (Lipinski definition) is 2. The average molecular weight is 296 g/mol. The number of hydrogen-bond acceptors (Lipinski definition) is 4. The maximum atomic E-state index is 11.9. The van der Waals surface area contributed by atoms with Crippen LogP contribution in [0.4, 0.5) is 11.4 Å². The van der Waals surface area contributed by atoms with Crippen molar-refractivity contribution in [3.8, 4) is 5.75 Å². The van der Waals surface area contributed by atoms with Gasteiger partial charge in [-0.1, -0.05) is 13.8 Å².